The molecule has 0 bridgehead atoms. The van der Waals surface area contributed by atoms with Gasteiger partial charge in [0.05, 0.1) is 18.3 Å². The molecule has 3 heterocycles. The van der Waals surface area contributed by atoms with Crippen molar-refractivity contribution >= 4 is 34.2 Å². The van der Waals surface area contributed by atoms with Gasteiger partial charge in [-0.25, -0.2) is 9.59 Å². The van der Waals surface area contributed by atoms with Crippen LogP contribution in [-0.4, -0.2) is 48.5 Å². The standard InChI is InChI=1S/C27H34N2O8S/c1-26(2,3)36-24(31)21-17-10-16(12-28-11-15-7-8-18-19(9-15)35-14-34-18)33-13-20(17)38-23(21)29-22(30)25(32)37-27(4,5)6/h7-9,16,28H,10-14H2,1-6H3,(H,29,30). The highest BCUT2D eigenvalue weighted by Crippen LogP contribution is 2.39. The van der Waals surface area contributed by atoms with Crippen LogP contribution in [0.4, 0.5) is 5.00 Å². The van der Waals surface area contributed by atoms with Crippen molar-refractivity contribution < 1.29 is 38.1 Å². The summed E-state index contributed by atoms with van der Waals surface area (Å²) in [4.78, 5) is 38.9. The molecular formula is C27H34N2O8S. The zero-order valence-electron chi connectivity index (χ0n) is 22.5. The number of hydrogen-bond donors (Lipinski definition) is 2. The van der Waals surface area contributed by atoms with E-state index in [-0.39, 0.29) is 30.1 Å². The van der Waals surface area contributed by atoms with Gasteiger partial charge in [-0.05, 0) is 64.8 Å². The van der Waals surface area contributed by atoms with Gasteiger partial charge < -0.3 is 34.3 Å². The summed E-state index contributed by atoms with van der Waals surface area (Å²) >= 11 is 1.20. The fourth-order valence-electron chi connectivity index (χ4n) is 4.00. The molecule has 0 saturated carbocycles. The molecule has 1 aromatic carbocycles. The van der Waals surface area contributed by atoms with E-state index in [1.165, 1.54) is 11.3 Å². The number of ether oxygens (including phenoxy) is 5. The number of benzene rings is 1. The van der Waals surface area contributed by atoms with Gasteiger partial charge in [-0.1, -0.05) is 6.07 Å². The molecule has 1 aromatic heterocycles. The van der Waals surface area contributed by atoms with E-state index in [1.54, 1.807) is 41.5 Å². The molecule has 0 fully saturated rings. The van der Waals surface area contributed by atoms with Crippen LogP contribution in [0.2, 0.25) is 0 Å². The smallest absolute Gasteiger partial charge is 0.397 e. The second kappa shape index (κ2) is 10.9. The third-order valence-electron chi connectivity index (χ3n) is 5.53. The first-order valence-corrected chi connectivity index (χ1v) is 13.2. The normalized spacial score (nSPS) is 16.5. The third kappa shape index (κ3) is 7.03. The Morgan fingerprint density at radius 3 is 2.45 bits per heavy atom. The SMILES string of the molecule is CC(C)(C)OC(=O)C(=O)Nc1sc2c(c1C(=O)OC(C)(C)C)CC(CNCc1ccc3c(c1)OCO3)OC2. The summed E-state index contributed by atoms with van der Waals surface area (Å²) in [6.07, 6.45) is 0.235. The molecule has 0 saturated heterocycles. The molecule has 38 heavy (non-hydrogen) atoms. The fourth-order valence-corrected chi connectivity index (χ4v) is 5.13. The first-order chi connectivity index (χ1) is 17.8. The molecule has 1 atom stereocenters. The third-order valence-corrected chi connectivity index (χ3v) is 6.65. The van der Waals surface area contributed by atoms with Gasteiger partial charge in [0.2, 0.25) is 6.79 Å². The van der Waals surface area contributed by atoms with E-state index in [2.05, 4.69) is 10.6 Å². The van der Waals surface area contributed by atoms with Gasteiger partial charge in [-0.2, -0.15) is 0 Å². The topological polar surface area (TPSA) is 121 Å². The summed E-state index contributed by atoms with van der Waals surface area (Å²) in [5.74, 6) is -1.09. The Labute approximate surface area is 225 Å². The van der Waals surface area contributed by atoms with Crippen LogP contribution in [0.1, 0.15) is 67.9 Å². The van der Waals surface area contributed by atoms with Crippen LogP contribution in [0.5, 0.6) is 11.5 Å². The Bertz CT molecular complexity index is 1220. The molecule has 2 aliphatic heterocycles. The molecular weight excluding hydrogens is 512 g/mol. The van der Waals surface area contributed by atoms with Gasteiger partial charge >= 0.3 is 17.8 Å². The molecule has 0 aliphatic carbocycles. The molecule has 10 nitrogen and oxygen atoms in total. The quantitative estimate of drug-likeness (QED) is 0.410. The number of rotatable bonds is 6. The summed E-state index contributed by atoms with van der Waals surface area (Å²) in [6, 6.07) is 5.79. The van der Waals surface area contributed by atoms with Crippen LogP contribution < -0.4 is 20.1 Å². The highest BCUT2D eigenvalue weighted by atomic mass is 32.1. The number of fused-ring (bicyclic) bond motifs is 2. The lowest BCUT2D eigenvalue weighted by Gasteiger charge is -2.25. The molecule has 2 aliphatic rings. The fraction of sp³-hybridized carbons (Fsp3) is 0.519. The number of esters is 2. The van der Waals surface area contributed by atoms with E-state index in [9.17, 15) is 14.4 Å². The minimum absolute atomic E-state index is 0.207. The highest BCUT2D eigenvalue weighted by Gasteiger charge is 2.34. The monoisotopic (exact) mass is 546 g/mol. The summed E-state index contributed by atoms with van der Waals surface area (Å²) < 4.78 is 27.6. The second-order valence-electron chi connectivity index (χ2n) is 11.1. The average molecular weight is 547 g/mol. The molecule has 2 aromatic rings. The van der Waals surface area contributed by atoms with Crippen molar-refractivity contribution in [1.82, 2.24) is 5.32 Å². The molecule has 4 rings (SSSR count). The summed E-state index contributed by atoms with van der Waals surface area (Å²) in [5, 5.41) is 6.21. The Morgan fingerprint density at radius 2 is 1.74 bits per heavy atom. The van der Waals surface area contributed by atoms with Crippen LogP contribution in [0, 0.1) is 0 Å². The lowest BCUT2D eigenvalue weighted by atomic mass is 10.0. The van der Waals surface area contributed by atoms with Gasteiger partial charge in [0.15, 0.2) is 11.5 Å². The van der Waals surface area contributed by atoms with Crippen molar-refractivity contribution in [3.63, 3.8) is 0 Å². The van der Waals surface area contributed by atoms with Gasteiger partial charge in [0, 0.05) is 24.4 Å². The maximum Gasteiger partial charge on any atom is 0.397 e. The summed E-state index contributed by atoms with van der Waals surface area (Å²) in [7, 11) is 0. The average Bonchev–Trinajstić information content (AvgIpc) is 3.40. The van der Waals surface area contributed by atoms with Crippen LogP contribution in [0.25, 0.3) is 0 Å². The van der Waals surface area contributed by atoms with Crippen molar-refractivity contribution in [3.8, 4) is 11.5 Å². The molecule has 0 spiro atoms. The van der Waals surface area contributed by atoms with E-state index >= 15 is 0 Å². The predicted molar refractivity (Wildman–Crippen MR) is 141 cm³/mol. The second-order valence-corrected chi connectivity index (χ2v) is 12.2. The maximum atomic E-state index is 13.2. The molecule has 1 unspecified atom stereocenters. The largest absolute Gasteiger partial charge is 0.456 e. The molecule has 11 heteroatoms. The van der Waals surface area contributed by atoms with Crippen LogP contribution >= 0.6 is 11.3 Å². The van der Waals surface area contributed by atoms with Crippen molar-refractivity contribution in [2.45, 2.75) is 78.4 Å². The Hall–Kier alpha value is -3.15. The maximum absolute atomic E-state index is 13.2. The van der Waals surface area contributed by atoms with E-state index < -0.39 is 29.0 Å². The van der Waals surface area contributed by atoms with Crippen molar-refractivity contribution in [2.75, 3.05) is 18.7 Å². The molecule has 206 valence electrons. The summed E-state index contributed by atoms with van der Waals surface area (Å²) in [5.41, 5.74) is 0.481. The molecule has 2 N–H and O–H groups in total. The predicted octanol–water partition coefficient (Wildman–Crippen LogP) is 3.94. The van der Waals surface area contributed by atoms with Crippen LogP contribution in [0.3, 0.4) is 0 Å². The first kappa shape index (κ1) is 27.9. The number of anilines is 1. The van der Waals surface area contributed by atoms with Gasteiger partial charge in [-0.3, -0.25) is 4.79 Å². The van der Waals surface area contributed by atoms with Gasteiger partial charge in [0.1, 0.15) is 16.2 Å². The zero-order chi connectivity index (χ0) is 27.7. The lowest BCUT2D eigenvalue weighted by Crippen LogP contribution is -2.34. The van der Waals surface area contributed by atoms with E-state index in [0.29, 0.717) is 19.5 Å². The van der Waals surface area contributed by atoms with Crippen molar-refractivity contribution in [1.29, 1.82) is 0 Å². The number of nitrogens with one attached hydrogen (secondary N) is 2. The summed E-state index contributed by atoms with van der Waals surface area (Å²) in [6.45, 7) is 12.0. The van der Waals surface area contributed by atoms with E-state index in [4.69, 9.17) is 23.7 Å². The van der Waals surface area contributed by atoms with Crippen LogP contribution in [0.15, 0.2) is 18.2 Å². The Morgan fingerprint density at radius 1 is 1.03 bits per heavy atom. The van der Waals surface area contributed by atoms with E-state index in [0.717, 1.165) is 27.5 Å². The van der Waals surface area contributed by atoms with Crippen LogP contribution in [-0.2, 0) is 43.4 Å². The van der Waals surface area contributed by atoms with E-state index in [1.807, 2.05) is 18.2 Å². The highest BCUT2D eigenvalue weighted by molar-refractivity contribution is 7.17. The minimum Gasteiger partial charge on any atom is -0.456 e. The van der Waals surface area contributed by atoms with Crippen molar-refractivity contribution in [3.05, 3.63) is 39.8 Å². The number of carbonyl (C=O) groups excluding carboxylic acids is 3. The number of thiophene rings is 1. The zero-order valence-corrected chi connectivity index (χ0v) is 23.3. The minimum atomic E-state index is -1.03. The van der Waals surface area contributed by atoms with Gasteiger partial charge in [0.25, 0.3) is 0 Å². The van der Waals surface area contributed by atoms with Crippen molar-refractivity contribution in [2.24, 2.45) is 0 Å². The number of amides is 1. The Balaban J connectivity index is 1.47. The number of carbonyl (C=O) groups is 3. The first-order valence-electron chi connectivity index (χ1n) is 12.4. The lowest BCUT2D eigenvalue weighted by molar-refractivity contribution is -0.161. The molecule has 1 amide bonds. The molecule has 0 radical (unpaired) electrons. The number of hydrogen-bond acceptors (Lipinski definition) is 10. The van der Waals surface area contributed by atoms with Gasteiger partial charge in [-0.15, -0.1) is 11.3 Å². The Kier molecular flexibility index (Phi) is 8.01.